The lowest BCUT2D eigenvalue weighted by atomic mass is 10.1. The van der Waals surface area contributed by atoms with Gasteiger partial charge in [0.05, 0.1) is 12.2 Å². The second-order valence-electron chi connectivity index (χ2n) is 5.75. The number of nitrogens with zero attached hydrogens (tertiary/aromatic N) is 1. The molecule has 1 heterocycles. The molecule has 0 saturated heterocycles. The zero-order valence-corrected chi connectivity index (χ0v) is 14.2. The van der Waals surface area contributed by atoms with E-state index in [1.54, 1.807) is 30.5 Å². The predicted octanol–water partition coefficient (Wildman–Crippen LogP) is 2.94. The van der Waals surface area contributed by atoms with Crippen LogP contribution < -0.4 is 10.6 Å². The number of carbonyl (C=O) groups is 2. The number of pyridine rings is 1. The highest BCUT2D eigenvalue weighted by Crippen LogP contribution is 2.06. The fourth-order valence-electron chi connectivity index (χ4n) is 2.42. The Morgan fingerprint density at radius 2 is 1.31 bits per heavy atom. The molecule has 130 valence electrons. The quantitative estimate of drug-likeness (QED) is 0.721. The van der Waals surface area contributed by atoms with Gasteiger partial charge in [-0.15, -0.1) is 0 Å². The molecule has 1 aromatic heterocycles. The summed E-state index contributed by atoms with van der Waals surface area (Å²) >= 11 is 0. The van der Waals surface area contributed by atoms with Crippen LogP contribution >= 0.6 is 0 Å². The molecule has 0 radical (unpaired) electrons. The van der Waals surface area contributed by atoms with Gasteiger partial charge in [-0.3, -0.25) is 14.6 Å². The molecule has 0 bridgehead atoms. The molecule has 0 atom stereocenters. The van der Waals surface area contributed by atoms with Crippen molar-refractivity contribution in [2.75, 3.05) is 0 Å². The third kappa shape index (κ3) is 4.77. The maximum Gasteiger partial charge on any atom is 0.251 e. The first-order valence-electron chi connectivity index (χ1n) is 8.32. The van der Waals surface area contributed by atoms with Crippen LogP contribution in [0.25, 0.3) is 0 Å². The number of hydrogen-bond donors (Lipinski definition) is 2. The number of aromatic nitrogens is 1. The van der Waals surface area contributed by atoms with E-state index in [0.29, 0.717) is 24.2 Å². The maximum atomic E-state index is 12.2. The number of amides is 2. The van der Waals surface area contributed by atoms with Crippen molar-refractivity contribution in [3.8, 4) is 0 Å². The molecule has 0 unspecified atom stereocenters. The highest BCUT2D eigenvalue weighted by atomic mass is 16.2. The Hall–Kier alpha value is -3.47. The lowest BCUT2D eigenvalue weighted by Gasteiger charge is -2.07. The standard InChI is InChI=1S/C21H19N3O2/c25-20(17-6-2-1-3-7-17)23-14-16-9-11-18(12-10-16)21(26)24-15-19-8-4-5-13-22-19/h1-13H,14-15H2,(H,23,25)(H,24,26). The molecule has 2 aromatic carbocycles. The van der Waals surface area contributed by atoms with Crippen LogP contribution in [0.2, 0.25) is 0 Å². The van der Waals surface area contributed by atoms with E-state index in [2.05, 4.69) is 15.6 Å². The summed E-state index contributed by atoms with van der Waals surface area (Å²) in [5.41, 5.74) is 2.92. The molecule has 2 N–H and O–H groups in total. The van der Waals surface area contributed by atoms with Gasteiger partial charge in [-0.25, -0.2) is 0 Å². The predicted molar refractivity (Wildman–Crippen MR) is 99.5 cm³/mol. The van der Waals surface area contributed by atoms with Crippen LogP contribution in [0.3, 0.4) is 0 Å². The third-order valence-electron chi connectivity index (χ3n) is 3.86. The molecule has 0 saturated carbocycles. The lowest BCUT2D eigenvalue weighted by Crippen LogP contribution is -2.24. The highest BCUT2D eigenvalue weighted by Gasteiger charge is 2.07. The van der Waals surface area contributed by atoms with Gasteiger partial charge in [-0.1, -0.05) is 36.4 Å². The Labute approximate surface area is 152 Å². The minimum Gasteiger partial charge on any atom is -0.348 e. The van der Waals surface area contributed by atoms with Gasteiger partial charge in [-0.05, 0) is 42.0 Å². The van der Waals surface area contributed by atoms with Gasteiger partial charge >= 0.3 is 0 Å². The Kier molecular flexibility index (Phi) is 5.72. The molecule has 0 aliphatic carbocycles. The van der Waals surface area contributed by atoms with Gasteiger partial charge in [0.15, 0.2) is 0 Å². The van der Waals surface area contributed by atoms with Crippen molar-refractivity contribution in [2.45, 2.75) is 13.1 Å². The number of hydrogen-bond acceptors (Lipinski definition) is 3. The first kappa shape index (κ1) is 17.4. The topological polar surface area (TPSA) is 71.1 Å². The Bertz CT molecular complexity index is 863. The van der Waals surface area contributed by atoms with Crippen molar-refractivity contribution in [1.82, 2.24) is 15.6 Å². The van der Waals surface area contributed by atoms with Crippen molar-refractivity contribution >= 4 is 11.8 Å². The molecular formula is C21H19N3O2. The van der Waals surface area contributed by atoms with E-state index in [4.69, 9.17) is 0 Å². The largest absolute Gasteiger partial charge is 0.348 e. The van der Waals surface area contributed by atoms with Crippen molar-refractivity contribution in [2.24, 2.45) is 0 Å². The van der Waals surface area contributed by atoms with Gasteiger partial charge < -0.3 is 10.6 Å². The summed E-state index contributed by atoms with van der Waals surface area (Å²) < 4.78 is 0. The summed E-state index contributed by atoms with van der Waals surface area (Å²) in [5, 5.41) is 5.70. The molecule has 5 nitrogen and oxygen atoms in total. The zero-order valence-electron chi connectivity index (χ0n) is 14.2. The molecular weight excluding hydrogens is 326 g/mol. The molecule has 0 spiro atoms. The van der Waals surface area contributed by atoms with E-state index in [0.717, 1.165) is 11.3 Å². The van der Waals surface area contributed by atoms with E-state index in [9.17, 15) is 9.59 Å². The fourth-order valence-corrected chi connectivity index (χ4v) is 2.42. The van der Waals surface area contributed by atoms with Gasteiger partial charge in [0, 0.05) is 23.9 Å². The summed E-state index contributed by atoms with van der Waals surface area (Å²) in [6.45, 7) is 0.790. The minimum atomic E-state index is -0.157. The molecule has 5 heteroatoms. The molecule has 0 aliphatic heterocycles. The van der Waals surface area contributed by atoms with Crippen LogP contribution in [-0.4, -0.2) is 16.8 Å². The monoisotopic (exact) mass is 345 g/mol. The molecule has 3 aromatic rings. The van der Waals surface area contributed by atoms with Crippen molar-refractivity contribution < 1.29 is 9.59 Å². The summed E-state index contributed by atoms with van der Waals surface area (Å²) in [4.78, 5) is 28.4. The van der Waals surface area contributed by atoms with Crippen LogP contribution in [0.1, 0.15) is 32.0 Å². The minimum absolute atomic E-state index is 0.122. The van der Waals surface area contributed by atoms with Crippen molar-refractivity contribution in [3.63, 3.8) is 0 Å². The first-order valence-corrected chi connectivity index (χ1v) is 8.32. The van der Waals surface area contributed by atoms with E-state index in [1.165, 1.54) is 0 Å². The van der Waals surface area contributed by atoms with Gasteiger partial charge in [-0.2, -0.15) is 0 Å². The normalized spacial score (nSPS) is 10.2. The third-order valence-corrected chi connectivity index (χ3v) is 3.86. The number of carbonyl (C=O) groups excluding carboxylic acids is 2. The summed E-state index contributed by atoms with van der Waals surface area (Å²) in [6, 6.07) is 21.8. The summed E-state index contributed by atoms with van der Waals surface area (Å²) in [6.07, 6.45) is 1.69. The SMILES string of the molecule is O=C(NCc1ccc(C(=O)NCc2ccccn2)cc1)c1ccccc1. The fraction of sp³-hybridized carbons (Fsp3) is 0.0952. The Morgan fingerprint density at radius 3 is 1.96 bits per heavy atom. The van der Waals surface area contributed by atoms with Crippen molar-refractivity contribution in [1.29, 1.82) is 0 Å². The smallest absolute Gasteiger partial charge is 0.251 e. The van der Waals surface area contributed by atoms with Crippen LogP contribution in [0.15, 0.2) is 79.0 Å². The van der Waals surface area contributed by atoms with Gasteiger partial charge in [0.2, 0.25) is 0 Å². The van der Waals surface area contributed by atoms with Crippen molar-refractivity contribution in [3.05, 3.63) is 101 Å². The number of rotatable bonds is 6. The number of benzene rings is 2. The maximum absolute atomic E-state index is 12.2. The Morgan fingerprint density at radius 1 is 0.692 bits per heavy atom. The van der Waals surface area contributed by atoms with Crippen LogP contribution in [0.4, 0.5) is 0 Å². The van der Waals surface area contributed by atoms with Crippen LogP contribution in [0.5, 0.6) is 0 Å². The molecule has 3 rings (SSSR count). The summed E-state index contributed by atoms with van der Waals surface area (Å²) in [7, 11) is 0. The van der Waals surface area contributed by atoms with E-state index in [-0.39, 0.29) is 11.8 Å². The molecule has 0 fully saturated rings. The van der Waals surface area contributed by atoms with E-state index in [1.807, 2.05) is 48.5 Å². The van der Waals surface area contributed by atoms with Crippen LogP contribution in [0, 0.1) is 0 Å². The van der Waals surface area contributed by atoms with Gasteiger partial charge in [0.25, 0.3) is 11.8 Å². The molecule has 26 heavy (non-hydrogen) atoms. The van der Waals surface area contributed by atoms with E-state index >= 15 is 0 Å². The average Bonchev–Trinajstić information content (AvgIpc) is 2.72. The second kappa shape index (κ2) is 8.58. The van der Waals surface area contributed by atoms with E-state index < -0.39 is 0 Å². The molecule has 2 amide bonds. The zero-order chi connectivity index (χ0) is 18.2. The average molecular weight is 345 g/mol. The lowest BCUT2D eigenvalue weighted by molar-refractivity contribution is 0.0941. The Balaban J connectivity index is 1.51. The number of nitrogens with one attached hydrogen (secondary N) is 2. The highest BCUT2D eigenvalue weighted by molar-refractivity contribution is 5.94. The van der Waals surface area contributed by atoms with Gasteiger partial charge in [0.1, 0.15) is 0 Å². The van der Waals surface area contributed by atoms with Crippen LogP contribution in [-0.2, 0) is 13.1 Å². The second-order valence-corrected chi connectivity index (χ2v) is 5.75. The summed E-state index contributed by atoms with van der Waals surface area (Å²) in [5.74, 6) is -0.279. The first-order chi connectivity index (χ1) is 12.7. The molecule has 0 aliphatic rings.